The Morgan fingerprint density at radius 2 is 1.68 bits per heavy atom. The Labute approximate surface area is 269 Å². The van der Waals surface area contributed by atoms with Crippen molar-refractivity contribution in [3.8, 4) is 0 Å². The second-order valence-corrected chi connectivity index (χ2v) is 13.4. The summed E-state index contributed by atoms with van der Waals surface area (Å²) in [6, 6.07) is 15.8. The number of nitrogens with one attached hydrogen (secondary N) is 2. The summed E-state index contributed by atoms with van der Waals surface area (Å²) in [7, 11) is 0. The zero-order valence-corrected chi connectivity index (χ0v) is 27.5. The van der Waals surface area contributed by atoms with Crippen molar-refractivity contribution in [1.82, 2.24) is 25.3 Å². The number of fused-ring (bicyclic) bond motifs is 1. The van der Waals surface area contributed by atoms with Crippen LogP contribution in [0.2, 0.25) is 5.02 Å². The predicted octanol–water partition coefficient (Wildman–Crippen LogP) is 5.08. The quantitative estimate of drug-likeness (QED) is 0.346. The van der Waals surface area contributed by atoms with E-state index in [-0.39, 0.29) is 17.9 Å². The van der Waals surface area contributed by atoms with E-state index in [1.165, 1.54) is 43.2 Å². The standard InChI is InChI=1S/C36H52ClN5O2/c1-3-40(4-2)26-34(29-11-6-5-7-12-29)41-20-22-42(23-21-41)36(44)33(24-27-14-16-30(37)17-15-27)39-35(43)25-32-31-13-9-8-10-28(31)18-19-38-32/h8-10,13-17,29,32-34,38H,3-7,11-12,18-26H2,1-2H3,(H,39,43)/t32?,33-,34?/m1/s1. The highest BCUT2D eigenvalue weighted by Crippen LogP contribution is 2.30. The van der Waals surface area contributed by atoms with Gasteiger partial charge in [0.1, 0.15) is 6.04 Å². The summed E-state index contributed by atoms with van der Waals surface area (Å²) in [5, 5.41) is 7.33. The molecule has 2 aliphatic heterocycles. The summed E-state index contributed by atoms with van der Waals surface area (Å²) >= 11 is 6.15. The molecule has 3 atom stereocenters. The summed E-state index contributed by atoms with van der Waals surface area (Å²) in [5.74, 6) is 0.659. The van der Waals surface area contributed by atoms with Gasteiger partial charge in [0.25, 0.3) is 0 Å². The van der Waals surface area contributed by atoms with E-state index in [2.05, 4.69) is 52.5 Å². The molecule has 2 heterocycles. The molecule has 0 bridgehead atoms. The van der Waals surface area contributed by atoms with Crippen molar-refractivity contribution in [2.24, 2.45) is 5.92 Å². The third-order valence-electron chi connectivity index (χ3n) is 10.2. The molecule has 2 amide bonds. The number of nitrogens with zero attached hydrogens (tertiary/aromatic N) is 3. The molecular formula is C36H52ClN5O2. The van der Waals surface area contributed by atoms with Crippen molar-refractivity contribution < 1.29 is 9.59 Å². The summed E-state index contributed by atoms with van der Waals surface area (Å²) in [4.78, 5) is 34.8. The maximum absolute atomic E-state index is 14.1. The van der Waals surface area contributed by atoms with Crippen LogP contribution in [0.4, 0.5) is 0 Å². The summed E-state index contributed by atoms with van der Waals surface area (Å²) < 4.78 is 0. The van der Waals surface area contributed by atoms with Crippen molar-refractivity contribution in [2.75, 3.05) is 52.4 Å². The molecule has 2 unspecified atom stereocenters. The highest BCUT2D eigenvalue weighted by molar-refractivity contribution is 6.30. The number of likely N-dealkylation sites (N-methyl/N-ethyl adjacent to an activating group) is 1. The molecule has 2 aromatic rings. The van der Waals surface area contributed by atoms with Gasteiger partial charge < -0.3 is 20.4 Å². The molecule has 8 heteroatoms. The van der Waals surface area contributed by atoms with Crippen LogP contribution in [0, 0.1) is 5.92 Å². The van der Waals surface area contributed by atoms with E-state index in [4.69, 9.17) is 11.6 Å². The van der Waals surface area contributed by atoms with Gasteiger partial charge in [0.15, 0.2) is 0 Å². The van der Waals surface area contributed by atoms with Crippen molar-refractivity contribution in [2.45, 2.75) is 83.3 Å². The van der Waals surface area contributed by atoms with E-state index in [9.17, 15) is 9.59 Å². The lowest BCUT2D eigenvalue weighted by Gasteiger charge is -2.45. The number of carbonyl (C=O) groups is 2. The van der Waals surface area contributed by atoms with Gasteiger partial charge >= 0.3 is 0 Å². The van der Waals surface area contributed by atoms with Crippen LogP contribution in [0.25, 0.3) is 0 Å². The van der Waals surface area contributed by atoms with Gasteiger partial charge in [0.05, 0.1) is 0 Å². The molecule has 0 radical (unpaired) electrons. The van der Waals surface area contributed by atoms with Crippen LogP contribution in [0.3, 0.4) is 0 Å². The fourth-order valence-electron chi connectivity index (χ4n) is 7.59. The van der Waals surface area contributed by atoms with Gasteiger partial charge in [-0.1, -0.05) is 81.1 Å². The van der Waals surface area contributed by atoms with Gasteiger partial charge in [-0.25, -0.2) is 0 Å². The number of halogens is 1. The van der Waals surface area contributed by atoms with Crippen LogP contribution in [-0.4, -0.2) is 91.0 Å². The number of carbonyl (C=O) groups excluding carboxylic acids is 2. The van der Waals surface area contributed by atoms with Gasteiger partial charge in [-0.05, 0) is 73.6 Å². The van der Waals surface area contributed by atoms with Gasteiger partial charge in [-0.15, -0.1) is 0 Å². The summed E-state index contributed by atoms with van der Waals surface area (Å²) in [6.07, 6.45) is 8.40. The fraction of sp³-hybridized carbons (Fsp3) is 0.611. The highest BCUT2D eigenvalue weighted by Gasteiger charge is 2.35. The zero-order valence-electron chi connectivity index (χ0n) is 26.8. The van der Waals surface area contributed by atoms with E-state index >= 15 is 0 Å². The molecule has 240 valence electrons. The molecule has 2 fully saturated rings. The average molecular weight is 622 g/mol. The van der Waals surface area contributed by atoms with Gasteiger partial charge in [-0.3, -0.25) is 14.5 Å². The van der Waals surface area contributed by atoms with Crippen molar-refractivity contribution in [3.63, 3.8) is 0 Å². The third-order valence-corrected chi connectivity index (χ3v) is 10.5. The van der Waals surface area contributed by atoms with Crippen LogP contribution in [0.15, 0.2) is 48.5 Å². The molecule has 7 nitrogen and oxygen atoms in total. The molecule has 44 heavy (non-hydrogen) atoms. The van der Waals surface area contributed by atoms with Crippen LogP contribution < -0.4 is 10.6 Å². The molecule has 0 spiro atoms. The lowest BCUT2D eigenvalue weighted by Crippen LogP contribution is -2.59. The number of piperazine rings is 1. The number of hydrogen-bond donors (Lipinski definition) is 2. The Hall–Kier alpha value is -2.45. The van der Waals surface area contributed by atoms with E-state index < -0.39 is 6.04 Å². The first-order valence-electron chi connectivity index (χ1n) is 17.0. The Balaban J connectivity index is 1.25. The molecule has 3 aliphatic rings. The normalized spacial score (nSPS) is 21.1. The minimum Gasteiger partial charge on any atom is -0.344 e. The minimum absolute atomic E-state index is 0.0166. The van der Waals surface area contributed by atoms with E-state index in [1.807, 2.05) is 35.2 Å². The SMILES string of the molecule is CCN(CC)CC(C1CCCCC1)N1CCN(C(=O)[C@@H](Cc2ccc(Cl)cc2)NC(=O)CC2NCCc3ccccc32)CC1. The van der Waals surface area contributed by atoms with Gasteiger partial charge in [0.2, 0.25) is 11.8 Å². The zero-order chi connectivity index (χ0) is 30.9. The Morgan fingerprint density at radius 3 is 2.39 bits per heavy atom. The molecular weight excluding hydrogens is 570 g/mol. The van der Waals surface area contributed by atoms with Crippen LogP contribution in [-0.2, 0) is 22.4 Å². The molecule has 1 aliphatic carbocycles. The number of amides is 2. The molecule has 2 aromatic carbocycles. The molecule has 5 rings (SSSR count). The van der Waals surface area contributed by atoms with Crippen LogP contribution in [0.5, 0.6) is 0 Å². The summed E-state index contributed by atoms with van der Waals surface area (Å²) in [5.41, 5.74) is 3.47. The van der Waals surface area contributed by atoms with Crippen molar-refractivity contribution >= 4 is 23.4 Å². The van der Waals surface area contributed by atoms with Gasteiger partial charge in [-0.2, -0.15) is 0 Å². The van der Waals surface area contributed by atoms with Crippen LogP contribution in [0.1, 0.15) is 75.1 Å². The van der Waals surface area contributed by atoms with Crippen molar-refractivity contribution in [1.29, 1.82) is 0 Å². The Morgan fingerprint density at radius 1 is 0.977 bits per heavy atom. The van der Waals surface area contributed by atoms with E-state index in [0.29, 0.717) is 37.0 Å². The summed E-state index contributed by atoms with van der Waals surface area (Å²) in [6.45, 7) is 11.8. The maximum Gasteiger partial charge on any atom is 0.245 e. The number of hydrogen-bond acceptors (Lipinski definition) is 5. The molecule has 1 saturated heterocycles. The number of rotatable bonds is 12. The van der Waals surface area contributed by atoms with E-state index in [0.717, 1.165) is 57.2 Å². The average Bonchev–Trinajstić information content (AvgIpc) is 3.06. The number of benzene rings is 2. The topological polar surface area (TPSA) is 67.9 Å². The van der Waals surface area contributed by atoms with Crippen LogP contribution >= 0.6 is 11.6 Å². The second kappa shape index (κ2) is 16.2. The third kappa shape index (κ3) is 8.63. The van der Waals surface area contributed by atoms with E-state index in [1.54, 1.807) is 0 Å². The highest BCUT2D eigenvalue weighted by atomic mass is 35.5. The van der Waals surface area contributed by atoms with Gasteiger partial charge in [0, 0.05) is 62.7 Å². The van der Waals surface area contributed by atoms with Crippen molar-refractivity contribution in [3.05, 3.63) is 70.2 Å². The maximum atomic E-state index is 14.1. The first-order chi connectivity index (χ1) is 21.4. The lowest BCUT2D eigenvalue weighted by atomic mass is 9.82. The molecule has 0 aromatic heterocycles. The Bertz CT molecular complexity index is 1210. The fourth-order valence-corrected chi connectivity index (χ4v) is 7.72. The Kier molecular flexibility index (Phi) is 12.1. The lowest BCUT2D eigenvalue weighted by molar-refractivity contribution is -0.138. The largest absolute Gasteiger partial charge is 0.344 e. The minimum atomic E-state index is -0.612. The smallest absolute Gasteiger partial charge is 0.245 e. The monoisotopic (exact) mass is 621 g/mol. The molecule has 1 saturated carbocycles. The predicted molar refractivity (Wildman–Crippen MR) is 179 cm³/mol. The second-order valence-electron chi connectivity index (χ2n) is 12.9. The first-order valence-corrected chi connectivity index (χ1v) is 17.4. The molecule has 2 N–H and O–H groups in total. The first kappa shape index (κ1) is 32.9.